The van der Waals surface area contributed by atoms with Gasteiger partial charge in [0.05, 0.1) is 0 Å². The van der Waals surface area contributed by atoms with E-state index in [4.69, 9.17) is 27.8 Å². The van der Waals surface area contributed by atoms with Gasteiger partial charge in [-0.1, -0.05) is 23.7 Å². The number of nitrogens with one attached hydrogen (secondary N) is 1. The van der Waals surface area contributed by atoms with Crippen LogP contribution in [0.25, 0.3) is 0 Å². The van der Waals surface area contributed by atoms with Crippen LogP contribution in [-0.2, 0) is 6.61 Å². The van der Waals surface area contributed by atoms with Crippen LogP contribution in [0.2, 0.25) is 5.02 Å². The fraction of sp³-hybridized carbons (Fsp3) is 0.0667. The highest BCUT2D eigenvalue weighted by Gasteiger charge is 1.98. The minimum atomic E-state index is -0.0193. The Bertz CT molecular complexity index is 632. The van der Waals surface area contributed by atoms with E-state index in [-0.39, 0.29) is 5.96 Å². The van der Waals surface area contributed by atoms with Crippen LogP contribution in [0.1, 0.15) is 11.1 Å². The molecule has 0 saturated heterocycles. The van der Waals surface area contributed by atoms with Gasteiger partial charge in [-0.25, -0.2) is 0 Å². The fourth-order valence-corrected chi connectivity index (χ4v) is 1.71. The summed E-state index contributed by atoms with van der Waals surface area (Å²) in [5, 5.41) is 7.01. The molecule has 5 N–H and O–H groups in total. The lowest BCUT2D eigenvalue weighted by Gasteiger charge is -2.06. The van der Waals surface area contributed by atoms with Gasteiger partial charge in [-0.3, -0.25) is 0 Å². The van der Waals surface area contributed by atoms with Crippen LogP contribution in [0.15, 0.2) is 53.6 Å². The first-order valence-electron chi connectivity index (χ1n) is 6.28. The van der Waals surface area contributed by atoms with Crippen molar-refractivity contribution in [2.75, 3.05) is 0 Å². The van der Waals surface area contributed by atoms with Crippen LogP contribution < -0.4 is 21.3 Å². The molecule has 0 aliphatic heterocycles. The molecule has 21 heavy (non-hydrogen) atoms. The maximum absolute atomic E-state index is 5.83. The summed E-state index contributed by atoms with van der Waals surface area (Å²) < 4.78 is 5.68. The molecule has 0 spiro atoms. The number of rotatable bonds is 5. The third-order valence-electron chi connectivity index (χ3n) is 2.62. The molecule has 0 aromatic heterocycles. The summed E-state index contributed by atoms with van der Waals surface area (Å²) in [4.78, 5) is 0. The molecule has 0 unspecified atom stereocenters. The Balaban J connectivity index is 1.91. The molecule has 0 aliphatic rings. The zero-order valence-electron chi connectivity index (χ0n) is 11.3. The molecule has 108 valence electrons. The number of hydrogen-bond acceptors (Lipinski definition) is 2. The predicted molar refractivity (Wildman–Crippen MR) is 84.2 cm³/mol. The van der Waals surface area contributed by atoms with E-state index in [0.717, 1.165) is 16.9 Å². The van der Waals surface area contributed by atoms with E-state index in [1.807, 2.05) is 48.5 Å². The number of hydrogen-bond donors (Lipinski definition) is 3. The lowest BCUT2D eigenvalue weighted by atomic mass is 10.2. The Morgan fingerprint density at radius 1 is 1.10 bits per heavy atom. The van der Waals surface area contributed by atoms with Gasteiger partial charge >= 0.3 is 0 Å². The standard InChI is InChI=1S/C15H15ClN4O/c16-13-5-1-12(2-6-13)10-21-14-7-3-11(4-8-14)9-19-20-15(17)18/h1-9H,10H2,(H4,17,18,20)/p+1/b19-9-. The summed E-state index contributed by atoms with van der Waals surface area (Å²) in [5.74, 6) is 0.762. The Morgan fingerprint density at radius 3 is 2.38 bits per heavy atom. The highest BCUT2D eigenvalue weighted by Crippen LogP contribution is 2.14. The van der Waals surface area contributed by atoms with Gasteiger partial charge in [-0.2, -0.15) is 0 Å². The van der Waals surface area contributed by atoms with Gasteiger partial charge in [0.2, 0.25) is 6.21 Å². The van der Waals surface area contributed by atoms with Crippen molar-refractivity contribution in [3.05, 3.63) is 64.7 Å². The predicted octanol–water partition coefficient (Wildman–Crippen LogP) is 0.607. The van der Waals surface area contributed by atoms with Gasteiger partial charge in [0, 0.05) is 15.7 Å². The zero-order valence-corrected chi connectivity index (χ0v) is 12.0. The molecule has 6 heteroatoms. The molecular formula is C15H16ClN4O+. The molecule has 2 aromatic carbocycles. The Morgan fingerprint density at radius 2 is 1.76 bits per heavy atom. The maximum Gasteiger partial charge on any atom is 0.256 e. The second-order valence-corrected chi connectivity index (χ2v) is 4.73. The lowest BCUT2D eigenvalue weighted by Crippen LogP contribution is -2.63. The molecule has 2 aromatic rings. The molecule has 0 amide bonds. The Labute approximate surface area is 127 Å². The maximum atomic E-state index is 5.83. The molecule has 0 atom stereocenters. The number of nitrogens with zero attached hydrogens (tertiary/aromatic N) is 1. The van der Waals surface area contributed by atoms with Crippen molar-refractivity contribution in [3.8, 4) is 5.75 Å². The molecule has 2 rings (SSSR count). The number of halogens is 1. The summed E-state index contributed by atoms with van der Waals surface area (Å²) in [6.07, 6.45) is 1.68. The molecule has 0 aliphatic carbocycles. The van der Waals surface area contributed by atoms with Crippen LogP contribution in [0, 0.1) is 0 Å². The molecule has 0 fully saturated rings. The highest BCUT2D eigenvalue weighted by atomic mass is 35.5. The van der Waals surface area contributed by atoms with E-state index in [0.29, 0.717) is 11.6 Å². The topological polar surface area (TPSA) is 87.6 Å². The SMILES string of the molecule is NC(N)=N/[NH+]=C\c1ccc(OCc2ccc(Cl)cc2)cc1. The molecular weight excluding hydrogens is 288 g/mol. The third kappa shape index (κ3) is 5.16. The van der Waals surface area contributed by atoms with E-state index in [1.165, 1.54) is 0 Å². The first kappa shape index (κ1) is 14.9. The van der Waals surface area contributed by atoms with Gasteiger partial charge in [-0.05, 0) is 42.0 Å². The number of hydrazone groups is 1. The van der Waals surface area contributed by atoms with Gasteiger partial charge in [0.15, 0.2) is 0 Å². The second-order valence-electron chi connectivity index (χ2n) is 4.29. The number of nitrogens with two attached hydrogens (primary N) is 2. The normalized spacial score (nSPS) is 10.5. The van der Waals surface area contributed by atoms with Gasteiger partial charge < -0.3 is 16.2 Å². The highest BCUT2D eigenvalue weighted by molar-refractivity contribution is 6.30. The lowest BCUT2D eigenvalue weighted by molar-refractivity contribution is -0.456. The van der Waals surface area contributed by atoms with Crippen LogP contribution in [-0.4, -0.2) is 12.2 Å². The Kier molecular flexibility index (Phi) is 5.17. The van der Waals surface area contributed by atoms with E-state index in [1.54, 1.807) is 6.21 Å². The van der Waals surface area contributed by atoms with Gasteiger partial charge in [0.25, 0.3) is 5.96 Å². The van der Waals surface area contributed by atoms with Crippen molar-refractivity contribution < 1.29 is 9.84 Å². The molecule has 5 nitrogen and oxygen atoms in total. The number of benzene rings is 2. The average Bonchev–Trinajstić information content (AvgIpc) is 2.48. The molecule has 0 heterocycles. The molecule has 0 saturated carbocycles. The van der Waals surface area contributed by atoms with E-state index >= 15 is 0 Å². The van der Waals surface area contributed by atoms with E-state index in [9.17, 15) is 0 Å². The third-order valence-corrected chi connectivity index (χ3v) is 2.88. The summed E-state index contributed by atoms with van der Waals surface area (Å²) >= 11 is 5.83. The summed E-state index contributed by atoms with van der Waals surface area (Å²) in [5.41, 5.74) is 12.4. The van der Waals surface area contributed by atoms with Crippen LogP contribution >= 0.6 is 11.6 Å². The zero-order chi connectivity index (χ0) is 15.1. The first-order valence-corrected chi connectivity index (χ1v) is 6.66. The number of ether oxygens (including phenoxy) is 1. The second kappa shape index (κ2) is 7.31. The smallest absolute Gasteiger partial charge is 0.256 e. The van der Waals surface area contributed by atoms with Gasteiger partial charge in [0.1, 0.15) is 12.4 Å². The largest absolute Gasteiger partial charge is 0.489 e. The monoisotopic (exact) mass is 303 g/mol. The first-order chi connectivity index (χ1) is 10.1. The van der Waals surface area contributed by atoms with Crippen molar-refractivity contribution in [2.45, 2.75) is 6.61 Å². The van der Waals surface area contributed by atoms with Crippen molar-refractivity contribution in [1.29, 1.82) is 0 Å². The minimum Gasteiger partial charge on any atom is -0.489 e. The number of guanidine groups is 1. The van der Waals surface area contributed by atoms with Crippen LogP contribution in [0.3, 0.4) is 0 Å². The van der Waals surface area contributed by atoms with Crippen molar-refractivity contribution >= 4 is 23.8 Å². The quantitative estimate of drug-likeness (QED) is 0.429. The summed E-state index contributed by atoms with van der Waals surface area (Å²) in [6.45, 7) is 0.493. The van der Waals surface area contributed by atoms with Crippen molar-refractivity contribution in [2.24, 2.45) is 16.6 Å². The Hall–Kier alpha value is -2.53. The summed E-state index contributed by atoms with van der Waals surface area (Å²) in [6, 6.07) is 15.1. The molecule has 0 bridgehead atoms. The van der Waals surface area contributed by atoms with E-state index in [2.05, 4.69) is 10.2 Å². The van der Waals surface area contributed by atoms with Crippen LogP contribution in [0.5, 0.6) is 5.75 Å². The van der Waals surface area contributed by atoms with Crippen molar-refractivity contribution in [1.82, 2.24) is 0 Å². The minimum absolute atomic E-state index is 0.0193. The van der Waals surface area contributed by atoms with Crippen LogP contribution in [0.4, 0.5) is 0 Å². The van der Waals surface area contributed by atoms with Gasteiger partial charge in [-0.15, -0.1) is 5.10 Å². The summed E-state index contributed by atoms with van der Waals surface area (Å²) in [7, 11) is 0. The van der Waals surface area contributed by atoms with Crippen molar-refractivity contribution in [3.63, 3.8) is 0 Å². The fourth-order valence-electron chi connectivity index (χ4n) is 1.59. The van der Waals surface area contributed by atoms with E-state index < -0.39 is 0 Å². The average molecular weight is 304 g/mol. The molecule has 0 radical (unpaired) electrons.